The van der Waals surface area contributed by atoms with E-state index in [1.165, 1.54) is 32.1 Å². The van der Waals surface area contributed by atoms with Crippen LogP contribution in [0, 0.1) is 17.0 Å². The van der Waals surface area contributed by atoms with Crippen LogP contribution in [0.25, 0.3) is 0 Å². The Morgan fingerprint density at radius 1 is 1.35 bits per heavy atom. The van der Waals surface area contributed by atoms with E-state index in [2.05, 4.69) is 5.32 Å². The van der Waals surface area contributed by atoms with Gasteiger partial charge in [-0.15, -0.1) is 0 Å². The van der Waals surface area contributed by atoms with Crippen molar-refractivity contribution in [3.05, 3.63) is 39.4 Å². The number of ether oxygens (including phenoxy) is 1. The first-order valence-corrected chi connectivity index (χ1v) is 8.68. The van der Waals surface area contributed by atoms with Gasteiger partial charge in [0.1, 0.15) is 0 Å². The summed E-state index contributed by atoms with van der Waals surface area (Å²) in [5, 5.41) is 14.4. The molecule has 0 saturated heterocycles. The number of nitrogens with one attached hydrogen (secondary N) is 1. The first-order chi connectivity index (χ1) is 11.1. The van der Waals surface area contributed by atoms with Gasteiger partial charge < -0.3 is 10.1 Å². The lowest BCUT2D eigenvalue weighted by molar-refractivity contribution is -0.385. The molecule has 0 amide bonds. The quantitative estimate of drug-likeness (QED) is 0.441. The van der Waals surface area contributed by atoms with Crippen molar-refractivity contribution in [2.75, 3.05) is 13.2 Å². The Morgan fingerprint density at radius 2 is 2.09 bits per heavy atom. The van der Waals surface area contributed by atoms with Crippen LogP contribution in [-0.2, 0) is 4.74 Å². The van der Waals surface area contributed by atoms with Gasteiger partial charge >= 0.3 is 0 Å². The van der Waals surface area contributed by atoms with Gasteiger partial charge in [-0.3, -0.25) is 10.1 Å². The Kier molecular flexibility index (Phi) is 6.99. The molecule has 1 atom stereocenters. The Bertz CT molecular complexity index is 513. The monoisotopic (exact) mass is 320 g/mol. The van der Waals surface area contributed by atoms with Gasteiger partial charge in [0.25, 0.3) is 5.69 Å². The topological polar surface area (TPSA) is 64.4 Å². The molecule has 1 aliphatic rings. The molecule has 2 rings (SSSR count). The number of aryl methyl sites for hydroxylation is 1. The van der Waals surface area contributed by atoms with E-state index in [9.17, 15) is 10.1 Å². The van der Waals surface area contributed by atoms with Crippen molar-refractivity contribution >= 4 is 5.69 Å². The standard InChI is InChI=1S/C18H28N2O3/c1-14-9-10-16(13-18(14)20(21)22)15(2)19-11-6-12-23-17-7-4-3-5-8-17/h9-10,13,15,17,19H,3-8,11-12H2,1-2H3. The zero-order valence-electron chi connectivity index (χ0n) is 14.2. The van der Waals surface area contributed by atoms with Gasteiger partial charge in [0.2, 0.25) is 0 Å². The number of rotatable bonds is 8. The third kappa shape index (κ3) is 5.59. The Hall–Kier alpha value is -1.46. The van der Waals surface area contributed by atoms with Crippen molar-refractivity contribution < 1.29 is 9.66 Å². The summed E-state index contributed by atoms with van der Waals surface area (Å²) in [6, 6.07) is 5.55. The zero-order valence-corrected chi connectivity index (χ0v) is 14.2. The van der Waals surface area contributed by atoms with E-state index in [0.717, 1.165) is 25.1 Å². The second-order valence-corrected chi connectivity index (χ2v) is 6.46. The molecule has 0 bridgehead atoms. The summed E-state index contributed by atoms with van der Waals surface area (Å²) in [6.45, 7) is 5.45. The minimum absolute atomic E-state index is 0.101. The fourth-order valence-electron chi connectivity index (χ4n) is 3.08. The molecule has 0 aromatic heterocycles. The van der Waals surface area contributed by atoms with Gasteiger partial charge in [0.05, 0.1) is 11.0 Å². The Morgan fingerprint density at radius 3 is 2.78 bits per heavy atom. The summed E-state index contributed by atoms with van der Waals surface area (Å²) in [5.41, 5.74) is 1.85. The average Bonchev–Trinajstić information content (AvgIpc) is 2.55. The molecule has 1 fully saturated rings. The predicted molar refractivity (Wildman–Crippen MR) is 91.7 cm³/mol. The third-order valence-corrected chi connectivity index (χ3v) is 4.61. The number of nitro benzene ring substituents is 1. The van der Waals surface area contributed by atoms with E-state index in [1.54, 1.807) is 13.0 Å². The van der Waals surface area contributed by atoms with Crippen molar-refractivity contribution in [2.45, 2.75) is 64.5 Å². The van der Waals surface area contributed by atoms with Crippen LogP contribution in [0.3, 0.4) is 0 Å². The molecule has 5 nitrogen and oxygen atoms in total. The number of benzene rings is 1. The van der Waals surface area contributed by atoms with Crippen LogP contribution in [0.2, 0.25) is 0 Å². The molecular formula is C18H28N2O3. The lowest BCUT2D eigenvalue weighted by Crippen LogP contribution is -2.23. The van der Waals surface area contributed by atoms with Crippen molar-refractivity contribution in [3.63, 3.8) is 0 Å². The SMILES string of the molecule is Cc1ccc(C(C)NCCCOC2CCCCC2)cc1[N+](=O)[O-]. The van der Waals surface area contributed by atoms with Gasteiger partial charge in [-0.25, -0.2) is 0 Å². The first-order valence-electron chi connectivity index (χ1n) is 8.68. The maximum atomic E-state index is 11.0. The van der Waals surface area contributed by atoms with E-state index < -0.39 is 0 Å². The molecule has 1 saturated carbocycles. The Labute approximate surface area is 138 Å². The second kappa shape index (κ2) is 8.99. The fraction of sp³-hybridized carbons (Fsp3) is 0.667. The smallest absolute Gasteiger partial charge is 0.272 e. The highest BCUT2D eigenvalue weighted by Crippen LogP contribution is 2.23. The van der Waals surface area contributed by atoms with Crippen molar-refractivity contribution in [1.82, 2.24) is 5.32 Å². The molecule has 128 valence electrons. The summed E-state index contributed by atoms with van der Waals surface area (Å²) >= 11 is 0. The summed E-state index contributed by atoms with van der Waals surface area (Å²) in [6.07, 6.45) is 7.78. The van der Waals surface area contributed by atoms with Gasteiger partial charge in [-0.05, 0) is 45.2 Å². The van der Waals surface area contributed by atoms with E-state index in [0.29, 0.717) is 11.7 Å². The third-order valence-electron chi connectivity index (χ3n) is 4.61. The minimum Gasteiger partial charge on any atom is -0.378 e. The maximum Gasteiger partial charge on any atom is 0.272 e. The van der Waals surface area contributed by atoms with Crippen molar-refractivity contribution in [3.8, 4) is 0 Å². The van der Waals surface area contributed by atoms with Crippen LogP contribution < -0.4 is 5.32 Å². The van der Waals surface area contributed by atoms with E-state index in [4.69, 9.17) is 4.74 Å². The zero-order chi connectivity index (χ0) is 16.7. The molecule has 0 radical (unpaired) electrons. The fourth-order valence-corrected chi connectivity index (χ4v) is 3.08. The minimum atomic E-state index is -0.316. The van der Waals surface area contributed by atoms with Crippen LogP contribution >= 0.6 is 0 Å². The number of hydrogen-bond donors (Lipinski definition) is 1. The van der Waals surface area contributed by atoms with Gasteiger partial charge in [0, 0.05) is 24.3 Å². The number of nitro groups is 1. The van der Waals surface area contributed by atoms with Crippen molar-refractivity contribution in [1.29, 1.82) is 0 Å². The van der Waals surface area contributed by atoms with Crippen molar-refractivity contribution in [2.24, 2.45) is 0 Å². The van der Waals surface area contributed by atoms with E-state index >= 15 is 0 Å². The Balaban J connectivity index is 1.71. The second-order valence-electron chi connectivity index (χ2n) is 6.46. The summed E-state index contributed by atoms with van der Waals surface area (Å²) < 4.78 is 5.91. The molecule has 0 spiro atoms. The van der Waals surface area contributed by atoms with E-state index in [1.807, 2.05) is 19.1 Å². The van der Waals surface area contributed by atoms with Crippen LogP contribution in [0.1, 0.15) is 62.6 Å². The first kappa shape index (κ1) is 17.9. The van der Waals surface area contributed by atoms with Gasteiger partial charge in [0.15, 0.2) is 0 Å². The van der Waals surface area contributed by atoms with Crippen LogP contribution in [0.4, 0.5) is 5.69 Å². The molecule has 23 heavy (non-hydrogen) atoms. The normalized spacial score (nSPS) is 17.1. The van der Waals surface area contributed by atoms with Crippen LogP contribution in [0.15, 0.2) is 18.2 Å². The summed E-state index contributed by atoms with van der Waals surface area (Å²) in [7, 11) is 0. The summed E-state index contributed by atoms with van der Waals surface area (Å²) in [5.74, 6) is 0. The molecule has 1 N–H and O–H groups in total. The molecule has 0 aliphatic heterocycles. The molecule has 1 aliphatic carbocycles. The van der Waals surface area contributed by atoms with Crippen LogP contribution in [-0.4, -0.2) is 24.2 Å². The molecule has 1 aromatic rings. The largest absolute Gasteiger partial charge is 0.378 e. The number of hydrogen-bond acceptors (Lipinski definition) is 4. The van der Waals surface area contributed by atoms with Crippen LogP contribution in [0.5, 0.6) is 0 Å². The molecule has 0 heterocycles. The molecule has 1 aromatic carbocycles. The lowest BCUT2D eigenvalue weighted by atomic mass is 9.98. The summed E-state index contributed by atoms with van der Waals surface area (Å²) in [4.78, 5) is 10.7. The average molecular weight is 320 g/mol. The molecule has 5 heteroatoms. The number of nitrogens with zero attached hydrogens (tertiary/aromatic N) is 1. The molecule has 1 unspecified atom stereocenters. The predicted octanol–water partition coefficient (Wildman–Crippen LogP) is 4.29. The molecular weight excluding hydrogens is 292 g/mol. The van der Waals surface area contributed by atoms with Gasteiger partial charge in [-0.2, -0.15) is 0 Å². The lowest BCUT2D eigenvalue weighted by Gasteiger charge is -2.22. The highest BCUT2D eigenvalue weighted by Gasteiger charge is 2.15. The maximum absolute atomic E-state index is 11.0. The highest BCUT2D eigenvalue weighted by atomic mass is 16.6. The van der Waals surface area contributed by atoms with Gasteiger partial charge in [-0.1, -0.05) is 31.4 Å². The highest BCUT2D eigenvalue weighted by molar-refractivity contribution is 5.43. The van der Waals surface area contributed by atoms with E-state index in [-0.39, 0.29) is 16.7 Å².